The Morgan fingerprint density at radius 3 is 2.50 bits per heavy atom. The van der Waals surface area contributed by atoms with Crippen molar-refractivity contribution in [3.05, 3.63) is 59.9 Å². The average Bonchev–Trinajstić information content (AvgIpc) is 3.03. The molecule has 2 heterocycles. The molecule has 2 N–H and O–H groups in total. The number of aromatic nitrogens is 3. The number of rotatable bonds is 5. The van der Waals surface area contributed by atoms with Gasteiger partial charge in [0.1, 0.15) is 4.99 Å². The number of nitrogens with two attached hydrogens (primary N) is 1. The molecule has 0 saturated carbocycles. The molecule has 0 aliphatic rings. The van der Waals surface area contributed by atoms with Crippen LogP contribution in [0, 0.1) is 0 Å². The predicted molar refractivity (Wildman–Crippen MR) is 89.4 cm³/mol. The molecule has 2 aromatic heterocycles. The highest BCUT2D eigenvalue weighted by molar-refractivity contribution is 7.98. The van der Waals surface area contributed by atoms with Crippen LogP contribution in [0.3, 0.4) is 0 Å². The van der Waals surface area contributed by atoms with Crippen LogP contribution in [0.15, 0.2) is 58.4 Å². The smallest absolute Gasteiger partial charge is 0.277 e. The zero-order valence-corrected chi connectivity index (χ0v) is 13.1. The van der Waals surface area contributed by atoms with Crippen LogP contribution in [-0.4, -0.2) is 20.2 Å². The van der Waals surface area contributed by atoms with Crippen LogP contribution >= 0.6 is 24.0 Å². The zero-order valence-electron chi connectivity index (χ0n) is 11.5. The number of benzene rings is 1. The highest BCUT2D eigenvalue weighted by Crippen LogP contribution is 2.25. The molecule has 0 spiro atoms. The lowest BCUT2D eigenvalue weighted by Crippen LogP contribution is -2.08. The van der Waals surface area contributed by atoms with Crippen molar-refractivity contribution in [2.24, 2.45) is 5.73 Å². The summed E-state index contributed by atoms with van der Waals surface area (Å²) >= 11 is 6.41. The van der Waals surface area contributed by atoms with E-state index in [1.165, 1.54) is 11.8 Å². The minimum Gasteiger partial charge on any atom is -0.411 e. The van der Waals surface area contributed by atoms with Crippen molar-refractivity contribution in [1.82, 2.24) is 15.2 Å². The molecular weight excluding hydrogens is 316 g/mol. The minimum atomic E-state index is 0.366. The second-order valence-electron chi connectivity index (χ2n) is 4.46. The minimum absolute atomic E-state index is 0.366. The normalized spacial score (nSPS) is 10.5. The summed E-state index contributed by atoms with van der Waals surface area (Å²) in [6.07, 6.45) is 3.52. The van der Waals surface area contributed by atoms with Gasteiger partial charge in [0, 0.05) is 29.3 Å². The van der Waals surface area contributed by atoms with E-state index in [1.54, 1.807) is 12.4 Å². The Morgan fingerprint density at radius 2 is 1.82 bits per heavy atom. The summed E-state index contributed by atoms with van der Waals surface area (Å²) in [6, 6.07) is 11.3. The van der Waals surface area contributed by atoms with Crippen LogP contribution in [0.1, 0.15) is 11.1 Å². The maximum absolute atomic E-state index is 5.65. The average molecular weight is 328 g/mol. The molecule has 22 heavy (non-hydrogen) atoms. The van der Waals surface area contributed by atoms with Crippen LogP contribution in [-0.2, 0) is 5.75 Å². The molecular formula is C15H12N4OS2. The molecule has 0 aliphatic heterocycles. The number of nitrogens with zero attached hydrogens (tertiary/aromatic N) is 3. The summed E-state index contributed by atoms with van der Waals surface area (Å²) < 4.78 is 5.65. The van der Waals surface area contributed by atoms with Crippen LogP contribution in [0.25, 0.3) is 11.5 Å². The Kier molecular flexibility index (Phi) is 4.45. The SMILES string of the molecule is NC(=S)c1ccc(-c2nnc(SCc3ccncc3)o2)cc1. The van der Waals surface area contributed by atoms with E-state index >= 15 is 0 Å². The lowest BCUT2D eigenvalue weighted by Gasteiger charge is -1.99. The highest BCUT2D eigenvalue weighted by atomic mass is 32.2. The molecule has 0 radical (unpaired) electrons. The van der Waals surface area contributed by atoms with Gasteiger partial charge in [-0.25, -0.2) is 0 Å². The number of pyridine rings is 1. The monoisotopic (exact) mass is 328 g/mol. The summed E-state index contributed by atoms with van der Waals surface area (Å²) in [5.74, 6) is 1.23. The van der Waals surface area contributed by atoms with Gasteiger partial charge in [-0.15, -0.1) is 10.2 Å². The van der Waals surface area contributed by atoms with Crippen molar-refractivity contribution < 1.29 is 4.42 Å². The standard InChI is InChI=1S/C15H12N4OS2/c16-13(21)11-1-3-12(4-2-11)14-18-19-15(20-14)22-9-10-5-7-17-8-6-10/h1-8H,9H2,(H2,16,21). The van der Waals surface area contributed by atoms with E-state index in [-0.39, 0.29) is 0 Å². The van der Waals surface area contributed by atoms with E-state index in [1.807, 2.05) is 36.4 Å². The first-order chi connectivity index (χ1) is 10.7. The molecule has 0 atom stereocenters. The molecule has 0 bridgehead atoms. The Bertz CT molecular complexity index is 772. The summed E-state index contributed by atoms with van der Waals surface area (Å²) in [5, 5.41) is 8.64. The number of hydrogen-bond donors (Lipinski definition) is 1. The maximum Gasteiger partial charge on any atom is 0.277 e. The van der Waals surface area contributed by atoms with Gasteiger partial charge < -0.3 is 10.2 Å². The second kappa shape index (κ2) is 6.67. The van der Waals surface area contributed by atoms with Crippen LogP contribution < -0.4 is 5.73 Å². The first kappa shape index (κ1) is 14.7. The molecule has 5 nitrogen and oxygen atoms in total. The van der Waals surface area contributed by atoms with E-state index < -0.39 is 0 Å². The second-order valence-corrected chi connectivity index (χ2v) is 5.83. The van der Waals surface area contributed by atoms with Crippen molar-refractivity contribution in [3.63, 3.8) is 0 Å². The van der Waals surface area contributed by atoms with Crippen molar-refractivity contribution in [3.8, 4) is 11.5 Å². The molecule has 0 saturated heterocycles. The van der Waals surface area contributed by atoms with Gasteiger partial charge in [0.05, 0.1) is 0 Å². The fourth-order valence-electron chi connectivity index (χ4n) is 1.79. The fourth-order valence-corrected chi connectivity index (χ4v) is 2.64. The summed E-state index contributed by atoms with van der Waals surface area (Å²) in [7, 11) is 0. The Morgan fingerprint density at radius 1 is 1.09 bits per heavy atom. The molecule has 0 aliphatic carbocycles. The van der Waals surface area contributed by atoms with Crippen molar-refractivity contribution in [2.75, 3.05) is 0 Å². The van der Waals surface area contributed by atoms with E-state index in [4.69, 9.17) is 22.4 Å². The molecule has 0 fully saturated rings. The number of hydrogen-bond acceptors (Lipinski definition) is 6. The number of thiocarbonyl (C=S) groups is 1. The summed E-state index contributed by atoms with van der Waals surface area (Å²) in [6.45, 7) is 0. The van der Waals surface area contributed by atoms with Gasteiger partial charge in [-0.2, -0.15) is 0 Å². The van der Waals surface area contributed by atoms with Crippen molar-refractivity contribution in [2.45, 2.75) is 11.0 Å². The molecule has 0 unspecified atom stereocenters. The maximum atomic E-state index is 5.65. The van der Waals surface area contributed by atoms with Crippen LogP contribution in [0.4, 0.5) is 0 Å². The predicted octanol–water partition coefficient (Wildman–Crippen LogP) is 3.06. The van der Waals surface area contributed by atoms with Gasteiger partial charge in [-0.3, -0.25) is 4.98 Å². The fraction of sp³-hybridized carbons (Fsp3) is 0.0667. The van der Waals surface area contributed by atoms with E-state index in [2.05, 4.69) is 15.2 Å². The van der Waals surface area contributed by atoms with E-state index in [0.29, 0.717) is 16.1 Å². The lowest BCUT2D eigenvalue weighted by atomic mass is 10.1. The van der Waals surface area contributed by atoms with Gasteiger partial charge in [0.15, 0.2) is 0 Å². The van der Waals surface area contributed by atoms with E-state index in [0.717, 1.165) is 22.4 Å². The van der Waals surface area contributed by atoms with Gasteiger partial charge in [0.25, 0.3) is 5.22 Å². The lowest BCUT2D eigenvalue weighted by molar-refractivity contribution is 0.466. The molecule has 0 amide bonds. The topological polar surface area (TPSA) is 77.8 Å². The van der Waals surface area contributed by atoms with E-state index in [9.17, 15) is 0 Å². The first-order valence-electron chi connectivity index (χ1n) is 6.48. The molecule has 7 heteroatoms. The van der Waals surface area contributed by atoms with Crippen molar-refractivity contribution >= 4 is 29.0 Å². The summed E-state index contributed by atoms with van der Waals surface area (Å²) in [5.41, 5.74) is 8.37. The third kappa shape index (κ3) is 3.49. The summed E-state index contributed by atoms with van der Waals surface area (Å²) in [4.78, 5) is 4.35. The van der Waals surface area contributed by atoms with Gasteiger partial charge in [-0.05, 0) is 29.8 Å². The zero-order chi connectivity index (χ0) is 15.4. The molecule has 3 aromatic rings. The first-order valence-corrected chi connectivity index (χ1v) is 7.87. The Hall–Kier alpha value is -2.25. The van der Waals surface area contributed by atoms with Gasteiger partial charge in [0.2, 0.25) is 5.89 Å². The third-order valence-corrected chi connectivity index (χ3v) is 4.06. The molecule has 3 rings (SSSR count). The third-order valence-electron chi connectivity index (χ3n) is 2.93. The van der Waals surface area contributed by atoms with Crippen LogP contribution in [0.5, 0.6) is 0 Å². The quantitative estimate of drug-likeness (QED) is 0.569. The van der Waals surface area contributed by atoms with Gasteiger partial charge >= 0.3 is 0 Å². The Labute approximate surface area is 137 Å². The van der Waals surface area contributed by atoms with Gasteiger partial charge in [-0.1, -0.05) is 36.1 Å². The van der Waals surface area contributed by atoms with Crippen LogP contribution in [0.2, 0.25) is 0 Å². The van der Waals surface area contributed by atoms with Crippen molar-refractivity contribution in [1.29, 1.82) is 0 Å². The Balaban J connectivity index is 1.69. The molecule has 110 valence electrons. The highest BCUT2D eigenvalue weighted by Gasteiger charge is 2.09. The number of thioether (sulfide) groups is 1. The largest absolute Gasteiger partial charge is 0.411 e. The molecule has 1 aromatic carbocycles.